The van der Waals surface area contributed by atoms with Crippen molar-refractivity contribution in [2.24, 2.45) is 5.73 Å². The van der Waals surface area contributed by atoms with E-state index in [9.17, 15) is 8.42 Å². The summed E-state index contributed by atoms with van der Waals surface area (Å²) in [7, 11) is -3.46. The van der Waals surface area contributed by atoms with Gasteiger partial charge in [0.15, 0.2) is 0 Å². The first kappa shape index (κ1) is 13.3. The highest BCUT2D eigenvalue weighted by molar-refractivity contribution is 7.91. The Morgan fingerprint density at radius 1 is 0.950 bits per heavy atom. The van der Waals surface area contributed by atoms with Gasteiger partial charge in [-0.05, 0) is 29.0 Å². The molecule has 0 saturated carbocycles. The molecule has 0 fully saturated rings. The van der Waals surface area contributed by atoms with E-state index in [0.29, 0.717) is 16.3 Å². The van der Waals surface area contributed by atoms with Gasteiger partial charge in [0, 0.05) is 16.8 Å². The highest BCUT2D eigenvalue weighted by Gasteiger charge is 2.19. The largest absolute Gasteiger partial charge is 0.326 e. The third-order valence-corrected chi connectivity index (χ3v) is 6.01. The Balaban J connectivity index is 2.13. The summed E-state index contributed by atoms with van der Waals surface area (Å²) < 4.78 is 25.1. The summed E-state index contributed by atoms with van der Waals surface area (Å²) in [5.74, 6) is 0. The van der Waals surface area contributed by atoms with E-state index in [2.05, 4.69) is 0 Å². The molecule has 3 aromatic rings. The number of nitrogens with two attached hydrogens (primary N) is 1. The lowest BCUT2D eigenvalue weighted by molar-refractivity contribution is 0.596. The standard InChI is InChI=1S/C15H13NO2S2/c16-9-13-8-15(10-19-13)20(17,18)14-6-5-11-3-1-2-4-12(11)7-14/h1-8,10H,9,16H2. The molecule has 3 rings (SSSR count). The molecule has 102 valence electrons. The molecule has 0 saturated heterocycles. The summed E-state index contributed by atoms with van der Waals surface area (Å²) >= 11 is 1.37. The molecule has 0 atom stereocenters. The van der Waals surface area contributed by atoms with Gasteiger partial charge in [-0.15, -0.1) is 11.3 Å². The fraction of sp³-hybridized carbons (Fsp3) is 0.0667. The molecule has 0 aliphatic carbocycles. The highest BCUT2D eigenvalue weighted by Crippen LogP contribution is 2.27. The van der Waals surface area contributed by atoms with Gasteiger partial charge in [0.1, 0.15) is 0 Å². The number of thiophene rings is 1. The molecule has 0 radical (unpaired) electrons. The van der Waals surface area contributed by atoms with E-state index in [-0.39, 0.29) is 0 Å². The van der Waals surface area contributed by atoms with Gasteiger partial charge in [0.2, 0.25) is 9.84 Å². The molecular formula is C15H13NO2S2. The lowest BCUT2D eigenvalue weighted by atomic mass is 10.1. The van der Waals surface area contributed by atoms with Crippen molar-refractivity contribution in [3.05, 3.63) is 58.8 Å². The van der Waals surface area contributed by atoms with Crippen molar-refractivity contribution in [2.75, 3.05) is 0 Å². The van der Waals surface area contributed by atoms with Crippen molar-refractivity contribution in [3.63, 3.8) is 0 Å². The van der Waals surface area contributed by atoms with Crippen molar-refractivity contribution >= 4 is 31.9 Å². The Labute approximate surface area is 121 Å². The van der Waals surface area contributed by atoms with E-state index in [4.69, 9.17) is 5.73 Å². The van der Waals surface area contributed by atoms with Crippen molar-refractivity contribution in [1.82, 2.24) is 0 Å². The van der Waals surface area contributed by atoms with Crippen LogP contribution in [-0.2, 0) is 16.4 Å². The first-order chi connectivity index (χ1) is 9.61. The summed E-state index contributed by atoms with van der Waals surface area (Å²) in [5.41, 5.74) is 5.54. The average molecular weight is 303 g/mol. The molecule has 1 aromatic heterocycles. The van der Waals surface area contributed by atoms with Crippen LogP contribution < -0.4 is 5.73 Å². The maximum Gasteiger partial charge on any atom is 0.207 e. The highest BCUT2D eigenvalue weighted by atomic mass is 32.2. The summed E-state index contributed by atoms with van der Waals surface area (Å²) in [6.45, 7) is 0.359. The first-order valence-electron chi connectivity index (χ1n) is 6.12. The van der Waals surface area contributed by atoms with Crippen LogP contribution in [0.2, 0.25) is 0 Å². The number of hydrogen-bond acceptors (Lipinski definition) is 4. The van der Waals surface area contributed by atoms with Gasteiger partial charge < -0.3 is 5.73 Å². The second kappa shape index (κ2) is 5.01. The second-order valence-electron chi connectivity index (χ2n) is 4.47. The molecule has 0 unspecified atom stereocenters. The molecule has 1 heterocycles. The molecule has 0 bridgehead atoms. The molecule has 20 heavy (non-hydrogen) atoms. The zero-order valence-electron chi connectivity index (χ0n) is 10.6. The van der Waals surface area contributed by atoms with Crippen LogP contribution in [0.5, 0.6) is 0 Å². The van der Waals surface area contributed by atoms with Crippen LogP contribution in [0.3, 0.4) is 0 Å². The molecule has 0 amide bonds. The van der Waals surface area contributed by atoms with E-state index in [1.165, 1.54) is 11.3 Å². The van der Waals surface area contributed by atoms with Crippen LogP contribution in [-0.4, -0.2) is 8.42 Å². The Kier molecular flexibility index (Phi) is 3.33. The first-order valence-corrected chi connectivity index (χ1v) is 8.49. The fourth-order valence-corrected chi connectivity index (χ4v) is 4.53. The smallest absolute Gasteiger partial charge is 0.207 e. The molecule has 0 spiro atoms. The van der Waals surface area contributed by atoms with Crippen LogP contribution in [0.1, 0.15) is 4.88 Å². The van der Waals surface area contributed by atoms with E-state index in [1.807, 2.05) is 30.3 Å². The van der Waals surface area contributed by atoms with Crippen LogP contribution in [0.25, 0.3) is 10.8 Å². The van der Waals surface area contributed by atoms with Crippen LogP contribution in [0.4, 0.5) is 0 Å². The minimum atomic E-state index is -3.46. The minimum absolute atomic E-state index is 0.317. The van der Waals surface area contributed by atoms with Gasteiger partial charge in [-0.2, -0.15) is 0 Å². The molecule has 0 aliphatic rings. The Bertz CT molecular complexity index is 866. The predicted octanol–water partition coefficient (Wildman–Crippen LogP) is 3.19. The van der Waals surface area contributed by atoms with Gasteiger partial charge in [0.25, 0.3) is 0 Å². The zero-order valence-corrected chi connectivity index (χ0v) is 12.2. The topological polar surface area (TPSA) is 60.2 Å². The zero-order chi connectivity index (χ0) is 14.2. The SMILES string of the molecule is NCc1cc(S(=O)(=O)c2ccc3ccccc3c2)cs1. The molecule has 3 nitrogen and oxygen atoms in total. The maximum atomic E-state index is 12.6. The van der Waals surface area contributed by atoms with Gasteiger partial charge >= 0.3 is 0 Å². The molecule has 0 aliphatic heterocycles. The number of rotatable bonds is 3. The third kappa shape index (κ3) is 2.24. The molecular weight excluding hydrogens is 290 g/mol. The average Bonchev–Trinajstić information content (AvgIpc) is 2.96. The van der Waals surface area contributed by atoms with Crippen LogP contribution in [0.15, 0.2) is 63.7 Å². The fourth-order valence-electron chi connectivity index (χ4n) is 2.08. The Morgan fingerprint density at radius 2 is 1.70 bits per heavy atom. The number of fused-ring (bicyclic) bond motifs is 1. The van der Waals surface area contributed by atoms with E-state index in [1.54, 1.807) is 23.6 Å². The Hall–Kier alpha value is -1.69. The molecule has 2 N–H and O–H groups in total. The van der Waals surface area contributed by atoms with Crippen molar-refractivity contribution in [2.45, 2.75) is 16.3 Å². The van der Waals surface area contributed by atoms with Crippen LogP contribution >= 0.6 is 11.3 Å². The number of sulfone groups is 1. The lowest BCUT2D eigenvalue weighted by Gasteiger charge is -2.04. The third-order valence-electron chi connectivity index (χ3n) is 3.17. The summed E-state index contributed by atoms with van der Waals surface area (Å²) in [4.78, 5) is 1.50. The van der Waals surface area contributed by atoms with Crippen molar-refractivity contribution < 1.29 is 8.42 Å². The number of benzene rings is 2. The van der Waals surface area contributed by atoms with E-state index in [0.717, 1.165) is 15.6 Å². The van der Waals surface area contributed by atoms with E-state index < -0.39 is 9.84 Å². The van der Waals surface area contributed by atoms with Gasteiger partial charge in [0.05, 0.1) is 9.79 Å². The summed E-state index contributed by atoms with van der Waals surface area (Å²) in [5, 5.41) is 3.59. The summed E-state index contributed by atoms with van der Waals surface area (Å²) in [6, 6.07) is 14.5. The minimum Gasteiger partial charge on any atom is -0.326 e. The molecule has 2 aromatic carbocycles. The van der Waals surface area contributed by atoms with Gasteiger partial charge in [-0.3, -0.25) is 0 Å². The lowest BCUT2D eigenvalue weighted by Crippen LogP contribution is -2.00. The quantitative estimate of drug-likeness (QED) is 0.808. The molecule has 5 heteroatoms. The summed E-state index contributed by atoms with van der Waals surface area (Å²) in [6.07, 6.45) is 0. The van der Waals surface area contributed by atoms with Gasteiger partial charge in [-0.1, -0.05) is 30.3 Å². The van der Waals surface area contributed by atoms with Crippen molar-refractivity contribution in [3.8, 4) is 0 Å². The van der Waals surface area contributed by atoms with Crippen LogP contribution in [0, 0.1) is 0 Å². The normalized spacial score (nSPS) is 11.8. The Morgan fingerprint density at radius 3 is 2.40 bits per heavy atom. The maximum absolute atomic E-state index is 12.6. The predicted molar refractivity (Wildman–Crippen MR) is 81.6 cm³/mol. The number of hydrogen-bond donors (Lipinski definition) is 1. The second-order valence-corrected chi connectivity index (χ2v) is 7.41. The van der Waals surface area contributed by atoms with E-state index >= 15 is 0 Å². The monoisotopic (exact) mass is 303 g/mol. The van der Waals surface area contributed by atoms with Gasteiger partial charge in [-0.25, -0.2) is 8.42 Å². The van der Waals surface area contributed by atoms with Crippen molar-refractivity contribution in [1.29, 1.82) is 0 Å².